The molecule has 0 aliphatic carbocycles. The van der Waals surface area contributed by atoms with E-state index in [1.807, 2.05) is 19.9 Å². The molecule has 1 aromatic carbocycles. The third-order valence-corrected chi connectivity index (χ3v) is 3.58. The quantitative estimate of drug-likeness (QED) is 0.827. The molecule has 1 aliphatic rings. The van der Waals surface area contributed by atoms with E-state index in [1.165, 1.54) is 0 Å². The molecule has 1 aliphatic heterocycles. The molecule has 1 heterocycles. The number of carbonyl (C=O) groups excluding carboxylic acids is 1. The lowest BCUT2D eigenvalue weighted by molar-refractivity contribution is -0.121. The summed E-state index contributed by atoms with van der Waals surface area (Å²) in [5, 5.41) is 0.682. The fourth-order valence-corrected chi connectivity index (χ4v) is 2.29. The molecule has 2 rings (SSSR count). The molecule has 0 fully saturated rings. The lowest BCUT2D eigenvalue weighted by Gasteiger charge is -2.19. The van der Waals surface area contributed by atoms with Gasteiger partial charge in [-0.05, 0) is 24.5 Å². The number of fused-ring (bicyclic) bond motifs is 1. The highest BCUT2D eigenvalue weighted by Crippen LogP contribution is 2.35. The first-order valence-electron chi connectivity index (χ1n) is 6.68. The Hall–Kier alpha value is -1.22. The zero-order valence-electron chi connectivity index (χ0n) is 11.4. The number of ether oxygens (including phenoxy) is 2. The largest absolute Gasteiger partial charge is 0.486 e. The van der Waals surface area contributed by atoms with Crippen LogP contribution in [0.5, 0.6) is 11.5 Å². The summed E-state index contributed by atoms with van der Waals surface area (Å²) in [6.45, 7) is 4.99. The lowest BCUT2D eigenvalue weighted by atomic mass is 10.0. The molecule has 1 aromatic rings. The second-order valence-corrected chi connectivity index (χ2v) is 5.47. The molecule has 0 saturated carbocycles. The number of rotatable bonds is 5. The second kappa shape index (κ2) is 6.29. The predicted molar refractivity (Wildman–Crippen MR) is 75.2 cm³/mol. The van der Waals surface area contributed by atoms with Gasteiger partial charge in [0, 0.05) is 23.4 Å². The fourth-order valence-electron chi connectivity index (χ4n) is 2.04. The predicted octanol–water partition coefficient (Wildman–Crippen LogP) is 3.66. The Kier molecular flexibility index (Phi) is 4.70. The number of carbonyl (C=O) groups is 1. The number of ketones is 1. The number of hydrogen-bond acceptors (Lipinski definition) is 3. The summed E-state index contributed by atoms with van der Waals surface area (Å²) in [5.74, 6) is 1.86. The van der Waals surface area contributed by atoms with Crippen molar-refractivity contribution in [1.29, 1.82) is 0 Å². The summed E-state index contributed by atoms with van der Waals surface area (Å²) in [6.07, 6.45) is 2.20. The van der Waals surface area contributed by atoms with Gasteiger partial charge in [0.25, 0.3) is 0 Å². The van der Waals surface area contributed by atoms with Crippen LogP contribution < -0.4 is 9.47 Å². The van der Waals surface area contributed by atoms with Gasteiger partial charge in [0.15, 0.2) is 11.5 Å². The standard InChI is InChI=1S/C15H19ClO3/c1-10(2)13(17)5-3-4-11-8-14-15(9-12(11)16)19-7-6-18-14/h8-10H,3-7H2,1-2H3. The third-order valence-electron chi connectivity index (χ3n) is 3.22. The number of aryl methyl sites for hydroxylation is 1. The maximum atomic E-state index is 11.6. The van der Waals surface area contributed by atoms with Crippen LogP contribution in [0.4, 0.5) is 0 Å². The smallest absolute Gasteiger partial charge is 0.162 e. The van der Waals surface area contributed by atoms with Gasteiger partial charge >= 0.3 is 0 Å². The van der Waals surface area contributed by atoms with Crippen LogP contribution in [0, 0.1) is 5.92 Å². The normalized spacial score (nSPS) is 13.7. The Balaban J connectivity index is 1.98. The Morgan fingerprint density at radius 1 is 1.26 bits per heavy atom. The first-order valence-corrected chi connectivity index (χ1v) is 7.06. The van der Waals surface area contributed by atoms with Gasteiger partial charge in [0.05, 0.1) is 0 Å². The number of benzene rings is 1. The van der Waals surface area contributed by atoms with Crippen molar-refractivity contribution in [2.45, 2.75) is 33.1 Å². The molecular formula is C15H19ClO3. The van der Waals surface area contributed by atoms with Gasteiger partial charge in [-0.25, -0.2) is 0 Å². The van der Waals surface area contributed by atoms with Crippen LogP contribution in [-0.4, -0.2) is 19.0 Å². The molecule has 104 valence electrons. The van der Waals surface area contributed by atoms with E-state index in [9.17, 15) is 4.79 Å². The van der Waals surface area contributed by atoms with Gasteiger partial charge in [0.1, 0.15) is 19.0 Å². The van der Waals surface area contributed by atoms with Crippen LogP contribution in [0.15, 0.2) is 12.1 Å². The molecule has 0 N–H and O–H groups in total. The summed E-state index contributed by atoms with van der Waals surface area (Å²) in [4.78, 5) is 11.6. The zero-order valence-corrected chi connectivity index (χ0v) is 12.1. The Morgan fingerprint density at radius 3 is 2.53 bits per heavy atom. The minimum atomic E-state index is 0.107. The van der Waals surface area contributed by atoms with Gasteiger partial charge < -0.3 is 9.47 Å². The van der Waals surface area contributed by atoms with Crippen molar-refractivity contribution < 1.29 is 14.3 Å². The molecule has 3 nitrogen and oxygen atoms in total. The topological polar surface area (TPSA) is 35.5 Å². The van der Waals surface area contributed by atoms with E-state index in [1.54, 1.807) is 6.07 Å². The van der Waals surface area contributed by atoms with E-state index < -0.39 is 0 Å². The lowest BCUT2D eigenvalue weighted by Crippen LogP contribution is -2.15. The van der Waals surface area contributed by atoms with E-state index in [0.717, 1.165) is 24.2 Å². The molecule has 0 saturated heterocycles. The van der Waals surface area contributed by atoms with Crippen LogP contribution in [-0.2, 0) is 11.2 Å². The molecule has 4 heteroatoms. The monoisotopic (exact) mass is 282 g/mol. The maximum Gasteiger partial charge on any atom is 0.162 e. The average Bonchev–Trinajstić information content (AvgIpc) is 2.39. The number of Topliss-reactive ketones (excluding diaryl/α,β-unsaturated/α-hetero) is 1. The van der Waals surface area contributed by atoms with Crippen molar-refractivity contribution in [3.8, 4) is 11.5 Å². The van der Waals surface area contributed by atoms with Gasteiger partial charge in [0.2, 0.25) is 0 Å². The molecule has 19 heavy (non-hydrogen) atoms. The number of halogens is 1. The highest BCUT2D eigenvalue weighted by atomic mass is 35.5. The summed E-state index contributed by atoms with van der Waals surface area (Å²) in [6, 6.07) is 3.73. The Morgan fingerprint density at radius 2 is 1.89 bits per heavy atom. The Bertz CT molecular complexity index is 469. The van der Waals surface area contributed by atoms with E-state index in [0.29, 0.717) is 36.2 Å². The average molecular weight is 283 g/mol. The van der Waals surface area contributed by atoms with E-state index in [4.69, 9.17) is 21.1 Å². The molecule has 0 radical (unpaired) electrons. The fraction of sp³-hybridized carbons (Fsp3) is 0.533. The van der Waals surface area contributed by atoms with Crippen molar-refractivity contribution in [1.82, 2.24) is 0 Å². The molecule has 0 bridgehead atoms. The number of hydrogen-bond donors (Lipinski definition) is 0. The zero-order chi connectivity index (χ0) is 13.8. The molecule has 0 atom stereocenters. The summed E-state index contributed by atoms with van der Waals surface area (Å²) >= 11 is 6.22. The van der Waals surface area contributed by atoms with Gasteiger partial charge in [-0.3, -0.25) is 4.79 Å². The summed E-state index contributed by atoms with van der Waals surface area (Å²) in [7, 11) is 0. The van der Waals surface area contributed by atoms with Crippen molar-refractivity contribution in [3.63, 3.8) is 0 Å². The molecule has 0 amide bonds. The first-order chi connectivity index (χ1) is 9.08. The molecule has 0 spiro atoms. The van der Waals surface area contributed by atoms with E-state index in [2.05, 4.69) is 0 Å². The second-order valence-electron chi connectivity index (χ2n) is 5.06. The van der Waals surface area contributed by atoms with E-state index in [-0.39, 0.29) is 5.92 Å². The minimum absolute atomic E-state index is 0.107. The van der Waals surface area contributed by atoms with Crippen molar-refractivity contribution in [2.24, 2.45) is 5.92 Å². The van der Waals surface area contributed by atoms with Gasteiger partial charge in [-0.1, -0.05) is 25.4 Å². The van der Waals surface area contributed by atoms with E-state index >= 15 is 0 Å². The van der Waals surface area contributed by atoms with Gasteiger partial charge in [-0.15, -0.1) is 0 Å². The van der Waals surface area contributed by atoms with Crippen molar-refractivity contribution in [3.05, 3.63) is 22.7 Å². The van der Waals surface area contributed by atoms with Gasteiger partial charge in [-0.2, -0.15) is 0 Å². The first kappa shape index (κ1) is 14.2. The Labute approximate surface area is 118 Å². The highest BCUT2D eigenvalue weighted by molar-refractivity contribution is 6.31. The van der Waals surface area contributed by atoms with Crippen LogP contribution in [0.1, 0.15) is 32.3 Å². The summed E-state index contributed by atoms with van der Waals surface area (Å²) in [5.41, 5.74) is 1.02. The summed E-state index contributed by atoms with van der Waals surface area (Å²) < 4.78 is 11.0. The van der Waals surface area contributed by atoms with Crippen LogP contribution >= 0.6 is 11.6 Å². The van der Waals surface area contributed by atoms with Crippen LogP contribution in [0.3, 0.4) is 0 Å². The van der Waals surface area contributed by atoms with Crippen molar-refractivity contribution >= 4 is 17.4 Å². The molecular weight excluding hydrogens is 264 g/mol. The van der Waals surface area contributed by atoms with Crippen LogP contribution in [0.2, 0.25) is 5.02 Å². The van der Waals surface area contributed by atoms with Crippen molar-refractivity contribution in [2.75, 3.05) is 13.2 Å². The highest BCUT2D eigenvalue weighted by Gasteiger charge is 2.15. The maximum absolute atomic E-state index is 11.6. The minimum Gasteiger partial charge on any atom is -0.486 e. The third kappa shape index (κ3) is 3.63. The van der Waals surface area contributed by atoms with Crippen LogP contribution in [0.25, 0.3) is 0 Å². The molecule has 0 unspecified atom stereocenters. The molecule has 0 aromatic heterocycles. The SMILES string of the molecule is CC(C)C(=O)CCCc1cc2c(cc1Cl)OCCO2.